The average Bonchev–Trinajstić information content (AvgIpc) is 3.26. The lowest BCUT2D eigenvalue weighted by Crippen LogP contribution is -2.12. The highest BCUT2D eigenvalue weighted by Crippen LogP contribution is 2.37. The van der Waals surface area contributed by atoms with Gasteiger partial charge in [-0.05, 0) is 43.7 Å². The van der Waals surface area contributed by atoms with E-state index in [4.69, 9.17) is 4.74 Å². The Hall–Kier alpha value is -4.43. The van der Waals surface area contributed by atoms with Gasteiger partial charge in [0.2, 0.25) is 0 Å². The number of nitrogens with one attached hydrogen (secondary N) is 1. The van der Waals surface area contributed by atoms with Crippen molar-refractivity contribution in [3.05, 3.63) is 64.6 Å². The number of benzene rings is 2. The number of ether oxygens (including phenoxy) is 1. The van der Waals surface area contributed by atoms with Gasteiger partial charge in [-0.2, -0.15) is 13.7 Å². The lowest BCUT2D eigenvalue weighted by Gasteiger charge is -2.17. The molecule has 0 aliphatic heterocycles. The molecule has 0 unspecified atom stereocenters. The molecule has 3 aromatic heterocycles. The number of fused-ring (bicyclic) bond motifs is 4. The highest BCUT2D eigenvalue weighted by Gasteiger charge is 2.20. The number of hydrogen-bond acceptors (Lipinski definition) is 7. The maximum atomic E-state index is 13.9. The van der Waals surface area contributed by atoms with Crippen LogP contribution in [0.1, 0.15) is 32.3 Å². The van der Waals surface area contributed by atoms with Crippen LogP contribution in [0, 0.1) is 11.3 Å². The summed E-state index contributed by atoms with van der Waals surface area (Å²) in [6.45, 7) is 4.78. The molecule has 11 heteroatoms. The van der Waals surface area contributed by atoms with Crippen molar-refractivity contribution in [3.8, 4) is 28.7 Å². The largest absolute Gasteiger partial charge is 0.493 e. The second kappa shape index (κ2) is 9.79. The molecular formula is C27H23FN4O5S. The number of aryl methyl sites for hydroxylation is 1. The van der Waals surface area contributed by atoms with Crippen LogP contribution in [0.3, 0.4) is 0 Å². The fourth-order valence-corrected chi connectivity index (χ4v) is 5.01. The first-order valence-corrected chi connectivity index (χ1v) is 13.3. The van der Waals surface area contributed by atoms with E-state index < -0.39 is 10.5 Å². The van der Waals surface area contributed by atoms with Crippen LogP contribution < -0.4 is 14.3 Å². The zero-order valence-corrected chi connectivity index (χ0v) is 21.4. The molecule has 0 radical (unpaired) electrons. The lowest BCUT2D eigenvalue weighted by atomic mass is 10.0. The van der Waals surface area contributed by atoms with Crippen LogP contribution in [-0.4, -0.2) is 29.6 Å². The molecule has 9 nitrogen and oxygen atoms in total. The minimum atomic E-state index is -5.24. The van der Waals surface area contributed by atoms with Crippen molar-refractivity contribution >= 4 is 43.3 Å². The third-order valence-electron chi connectivity index (χ3n) is 6.29. The van der Waals surface area contributed by atoms with Crippen LogP contribution in [0.25, 0.3) is 44.0 Å². The monoisotopic (exact) mass is 534 g/mol. The summed E-state index contributed by atoms with van der Waals surface area (Å²) in [6.07, 6.45) is 4.32. The van der Waals surface area contributed by atoms with E-state index in [-0.39, 0.29) is 11.2 Å². The second-order valence-corrected chi connectivity index (χ2v) is 9.69. The van der Waals surface area contributed by atoms with Crippen molar-refractivity contribution in [2.45, 2.75) is 33.2 Å². The number of aromatic nitrogens is 3. The molecule has 2 aromatic carbocycles. The fraction of sp³-hybridized carbons (Fsp3) is 0.222. The number of rotatable bonds is 8. The van der Waals surface area contributed by atoms with Crippen LogP contribution in [0.2, 0.25) is 0 Å². The molecular weight excluding hydrogens is 511 g/mol. The Labute approximate surface area is 217 Å². The van der Waals surface area contributed by atoms with Crippen molar-refractivity contribution in [1.29, 1.82) is 5.26 Å². The van der Waals surface area contributed by atoms with Gasteiger partial charge in [0.15, 0.2) is 11.2 Å². The smallest absolute Gasteiger partial charge is 0.488 e. The molecule has 38 heavy (non-hydrogen) atoms. The Morgan fingerprint density at radius 3 is 2.66 bits per heavy atom. The third-order valence-corrected chi connectivity index (χ3v) is 6.68. The van der Waals surface area contributed by atoms with Gasteiger partial charge in [0.05, 0.1) is 40.7 Å². The summed E-state index contributed by atoms with van der Waals surface area (Å²) in [5, 5.41) is 11.0. The van der Waals surface area contributed by atoms with E-state index >= 15 is 0 Å². The summed E-state index contributed by atoms with van der Waals surface area (Å²) in [7, 11) is -5.24. The molecule has 1 N–H and O–H groups in total. The number of pyridine rings is 2. The number of hydrogen-bond donors (Lipinski definition) is 1. The minimum Gasteiger partial charge on any atom is -0.493 e. The molecule has 0 fully saturated rings. The predicted octanol–water partition coefficient (Wildman–Crippen LogP) is 5.36. The number of nitriles is 1. The Bertz CT molecular complexity index is 1920. The van der Waals surface area contributed by atoms with Gasteiger partial charge in [0.1, 0.15) is 11.4 Å². The van der Waals surface area contributed by atoms with Crippen LogP contribution in [-0.2, 0) is 17.0 Å². The molecule has 0 spiro atoms. The van der Waals surface area contributed by atoms with Gasteiger partial charge in [-0.3, -0.25) is 9.78 Å². The zero-order valence-electron chi connectivity index (χ0n) is 20.6. The van der Waals surface area contributed by atoms with E-state index in [0.29, 0.717) is 63.0 Å². The number of unbranched alkanes of at least 4 members (excludes halogenated alkanes) is 1. The van der Waals surface area contributed by atoms with E-state index in [0.717, 1.165) is 24.4 Å². The maximum Gasteiger partial charge on any atom is 0.488 e. The summed E-state index contributed by atoms with van der Waals surface area (Å²) in [6, 6.07) is 12.1. The van der Waals surface area contributed by atoms with Crippen molar-refractivity contribution in [2.24, 2.45) is 0 Å². The summed E-state index contributed by atoms with van der Waals surface area (Å²) in [5.74, 6) is 0.0856. The second-order valence-electron chi connectivity index (χ2n) is 8.74. The first-order chi connectivity index (χ1) is 18.2. The third kappa shape index (κ3) is 4.54. The minimum absolute atomic E-state index is 0.190. The Kier molecular flexibility index (Phi) is 6.50. The summed E-state index contributed by atoms with van der Waals surface area (Å²) in [4.78, 5) is 21.2. The molecule has 0 amide bonds. The van der Waals surface area contributed by atoms with E-state index in [9.17, 15) is 22.4 Å². The van der Waals surface area contributed by atoms with Crippen LogP contribution in [0.15, 0.2) is 53.6 Å². The molecule has 3 heterocycles. The first-order valence-electron chi connectivity index (χ1n) is 12.0. The molecule has 0 atom stereocenters. The Morgan fingerprint density at radius 1 is 1.13 bits per heavy atom. The van der Waals surface area contributed by atoms with E-state index in [1.54, 1.807) is 37.3 Å². The van der Waals surface area contributed by atoms with Gasteiger partial charge in [0.25, 0.3) is 0 Å². The molecule has 0 saturated heterocycles. The van der Waals surface area contributed by atoms with Crippen LogP contribution >= 0.6 is 0 Å². The SMILES string of the molecule is CCCCn1c2cc(-c3cncc(OS(=O)(=O)F)c3)c(OCC)cc2c(=O)c2c3ccc(C#N)cc3[nH]c21. The number of aromatic amines is 1. The van der Waals surface area contributed by atoms with Gasteiger partial charge in [-0.1, -0.05) is 23.3 Å². The Balaban J connectivity index is 1.85. The van der Waals surface area contributed by atoms with Gasteiger partial charge in [-0.15, -0.1) is 0 Å². The summed E-state index contributed by atoms with van der Waals surface area (Å²) in [5.41, 5.74) is 3.18. The molecule has 5 aromatic rings. The van der Waals surface area contributed by atoms with E-state index in [1.807, 2.05) is 4.57 Å². The standard InChI is InChI=1S/C27H23FN4O5S/c1-3-5-8-32-23-11-20(17-10-18(15-30-14-17)37-38(28,34)35)24(36-4-2)12-21(23)26(33)25-19-7-6-16(13-29)9-22(19)31-27(25)32/h6-7,9-12,14-15,31H,3-5,8H2,1-2H3. The molecule has 0 aliphatic rings. The quantitative estimate of drug-likeness (QED) is 0.265. The molecule has 0 bridgehead atoms. The van der Waals surface area contributed by atoms with Crippen molar-refractivity contribution < 1.29 is 21.2 Å². The average molecular weight is 535 g/mol. The number of nitrogens with zero attached hydrogens (tertiary/aromatic N) is 3. The maximum absolute atomic E-state index is 13.9. The topological polar surface area (TPSA) is 127 Å². The highest BCUT2D eigenvalue weighted by atomic mass is 32.3. The predicted molar refractivity (Wildman–Crippen MR) is 142 cm³/mol. The number of H-pyrrole nitrogens is 1. The van der Waals surface area contributed by atoms with Crippen molar-refractivity contribution in [3.63, 3.8) is 0 Å². The summed E-state index contributed by atoms with van der Waals surface area (Å²) >= 11 is 0. The first kappa shape index (κ1) is 25.2. The van der Waals surface area contributed by atoms with Gasteiger partial charge in [-0.25, -0.2) is 0 Å². The molecule has 0 saturated carbocycles. The number of halogens is 1. The molecule has 5 rings (SSSR count). The molecule has 0 aliphatic carbocycles. The molecule has 194 valence electrons. The zero-order chi connectivity index (χ0) is 27.0. The van der Waals surface area contributed by atoms with Crippen LogP contribution in [0.4, 0.5) is 3.89 Å². The van der Waals surface area contributed by atoms with Gasteiger partial charge in [0, 0.05) is 34.8 Å². The van der Waals surface area contributed by atoms with Crippen molar-refractivity contribution in [2.75, 3.05) is 6.61 Å². The van der Waals surface area contributed by atoms with E-state index in [2.05, 4.69) is 27.1 Å². The lowest BCUT2D eigenvalue weighted by molar-refractivity contribution is 0.342. The van der Waals surface area contributed by atoms with E-state index in [1.165, 1.54) is 12.3 Å². The van der Waals surface area contributed by atoms with Crippen LogP contribution in [0.5, 0.6) is 11.5 Å². The van der Waals surface area contributed by atoms with Gasteiger partial charge < -0.3 is 18.5 Å². The van der Waals surface area contributed by atoms with Gasteiger partial charge >= 0.3 is 10.5 Å². The highest BCUT2D eigenvalue weighted by molar-refractivity contribution is 7.81. The van der Waals surface area contributed by atoms with Crippen molar-refractivity contribution in [1.82, 2.24) is 14.5 Å². The normalized spacial score (nSPS) is 11.7. The Morgan fingerprint density at radius 2 is 1.95 bits per heavy atom. The summed E-state index contributed by atoms with van der Waals surface area (Å²) < 4.78 is 47.5. The fourth-order valence-electron chi connectivity index (χ4n) is 4.69.